The smallest absolute Gasteiger partial charge is 0.182 e. The van der Waals surface area contributed by atoms with Crippen LogP contribution in [0.4, 0.5) is 0 Å². The van der Waals surface area contributed by atoms with Crippen molar-refractivity contribution in [2.45, 2.75) is 12.5 Å². The summed E-state index contributed by atoms with van der Waals surface area (Å²) in [6.07, 6.45) is 8.13. The number of rotatable bonds is 1. The van der Waals surface area contributed by atoms with Crippen molar-refractivity contribution in [3.05, 3.63) is 24.3 Å². The maximum atomic E-state index is 9.43. The van der Waals surface area contributed by atoms with E-state index < -0.39 is 5.60 Å². The molecule has 0 radical (unpaired) electrons. The van der Waals surface area contributed by atoms with Crippen molar-refractivity contribution >= 4 is 13.5 Å². The van der Waals surface area contributed by atoms with Gasteiger partial charge in [0.05, 0.1) is 0 Å². The highest BCUT2D eigenvalue weighted by atomic mass is 32.1. The summed E-state index contributed by atoms with van der Waals surface area (Å²) in [5.41, 5.74) is -1.36. The molecule has 1 aromatic heterocycles. The number of aromatic nitrogens is 2. The van der Waals surface area contributed by atoms with Crippen molar-refractivity contribution in [3.63, 3.8) is 0 Å². The Kier molecular flexibility index (Phi) is 3.74. The van der Waals surface area contributed by atoms with Gasteiger partial charge in [0.15, 0.2) is 11.4 Å². The fraction of sp³-hybridized carbons (Fsp3) is 0.250. The van der Waals surface area contributed by atoms with Crippen molar-refractivity contribution < 1.29 is 5.11 Å². The standard InChI is InChI=1S/C8H8N2O.H2S/c1-3-8(2,11)7-9-5-4-6-10-7;/h1,4-6,11H,2H3;1H2/t8-;/m0./s1. The summed E-state index contributed by atoms with van der Waals surface area (Å²) >= 11 is 0. The molecule has 1 atom stereocenters. The van der Waals surface area contributed by atoms with Crippen LogP contribution in [0, 0.1) is 12.3 Å². The topological polar surface area (TPSA) is 46.0 Å². The summed E-state index contributed by atoms with van der Waals surface area (Å²) in [6.45, 7) is 1.47. The van der Waals surface area contributed by atoms with Crippen molar-refractivity contribution in [1.82, 2.24) is 9.97 Å². The third kappa shape index (κ3) is 2.22. The van der Waals surface area contributed by atoms with Crippen LogP contribution in [-0.4, -0.2) is 15.1 Å². The van der Waals surface area contributed by atoms with Crippen molar-refractivity contribution in [2.24, 2.45) is 0 Å². The summed E-state index contributed by atoms with van der Waals surface area (Å²) in [5, 5.41) is 9.43. The lowest BCUT2D eigenvalue weighted by Gasteiger charge is -2.12. The zero-order valence-electron chi connectivity index (χ0n) is 6.65. The molecule has 0 spiro atoms. The maximum absolute atomic E-state index is 9.43. The average molecular weight is 182 g/mol. The number of aliphatic hydroxyl groups is 1. The monoisotopic (exact) mass is 182 g/mol. The Bertz CT molecular complexity index is 279. The Morgan fingerprint density at radius 1 is 1.50 bits per heavy atom. The minimum absolute atomic E-state index is 0. The van der Waals surface area contributed by atoms with E-state index in [0.29, 0.717) is 0 Å². The molecule has 12 heavy (non-hydrogen) atoms. The lowest BCUT2D eigenvalue weighted by Crippen LogP contribution is -2.21. The molecular weight excluding hydrogens is 172 g/mol. The molecular formula is C8H10N2OS. The minimum atomic E-state index is -1.36. The van der Waals surface area contributed by atoms with E-state index in [4.69, 9.17) is 6.42 Å². The first-order valence-electron chi connectivity index (χ1n) is 3.14. The molecule has 0 saturated heterocycles. The van der Waals surface area contributed by atoms with E-state index >= 15 is 0 Å². The van der Waals surface area contributed by atoms with Crippen LogP contribution >= 0.6 is 13.5 Å². The summed E-state index contributed by atoms with van der Waals surface area (Å²) in [5.74, 6) is 2.44. The van der Waals surface area contributed by atoms with Gasteiger partial charge in [0.25, 0.3) is 0 Å². The summed E-state index contributed by atoms with van der Waals surface area (Å²) in [4.78, 5) is 7.64. The van der Waals surface area contributed by atoms with Gasteiger partial charge in [-0.1, -0.05) is 5.92 Å². The maximum Gasteiger partial charge on any atom is 0.182 e. The van der Waals surface area contributed by atoms with Gasteiger partial charge in [0.2, 0.25) is 0 Å². The largest absolute Gasteiger partial charge is 0.371 e. The van der Waals surface area contributed by atoms with E-state index in [0.717, 1.165) is 0 Å². The van der Waals surface area contributed by atoms with Crippen LogP contribution < -0.4 is 0 Å². The summed E-state index contributed by atoms with van der Waals surface area (Å²) in [7, 11) is 0. The van der Waals surface area contributed by atoms with Gasteiger partial charge in [-0.15, -0.1) is 6.42 Å². The van der Waals surface area contributed by atoms with Gasteiger partial charge in [0.1, 0.15) is 0 Å². The predicted octanol–water partition coefficient (Wildman–Crippen LogP) is 0.430. The fourth-order valence-corrected chi connectivity index (χ4v) is 0.615. The first kappa shape index (κ1) is 11.0. The lowest BCUT2D eigenvalue weighted by atomic mass is 10.1. The van der Waals surface area contributed by atoms with Crippen LogP contribution in [0.15, 0.2) is 18.5 Å². The molecule has 0 saturated carbocycles. The van der Waals surface area contributed by atoms with Gasteiger partial charge >= 0.3 is 0 Å². The molecule has 0 aliphatic rings. The molecule has 1 N–H and O–H groups in total. The zero-order chi connectivity index (χ0) is 8.32. The van der Waals surface area contributed by atoms with Gasteiger partial charge in [-0.05, 0) is 13.0 Å². The molecule has 0 fully saturated rings. The average Bonchev–Trinajstić information content (AvgIpc) is 2.06. The summed E-state index contributed by atoms with van der Waals surface area (Å²) in [6, 6.07) is 1.66. The van der Waals surface area contributed by atoms with E-state index in [1.54, 1.807) is 6.07 Å². The Morgan fingerprint density at radius 2 is 2.00 bits per heavy atom. The van der Waals surface area contributed by atoms with Crippen LogP contribution in [0.3, 0.4) is 0 Å². The van der Waals surface area contributed by atoms with E-state index in [1.165, 1.54) is 19.3 Å². The van der Waals surface area contributed by atoms with Gasteiger partial charge in [-0.3, -0.25) is 0 Å². The summed E-state index contributed by atoms with van der Waals surface area (Å²) < 4.78 is 0. The van der Waals surface area contributed by atoms with Crippen LogP contribution in [0.25, 0.3) is 0 Å². The van der Waals surface area contributed by atoms with Gasteiger partial charge in [-0.25, -0.2) is 9.97 Å². The molecule has 0 bridgehead atoms. The molecule has 1 heterocycles. The highest BCUT2D eigenvalue weighted by Crippen LogP contribution is 2.12. The minimum Gasteiger partial charge on any atom is -0.371 e. The van der Waals surface area contributed by atoms with E-state index in [1.807, 2.05) is 0 Å². The van der Waals surface area contributed by atoms with Gasteiger partial charge in [-0.2, -0.15) is 13.5 Å². The molecule has 1 rings (SSSR count). The van der Waals surface area contributed by atoms with Gasteiger partial charge in [0, 0.05) is 12.4 Å². The normalized spacial score (nSPS) is 13.8. The van der Waals surface area contributed by atoms with Crippen LogP contribution in [0.1, 0.15) is 12.7 Å². The Hall–Kier alpha value is -1.05. The number of nitrogens with zero attached hydrogens (tertiary/aromatic N) is 2. The molecule has 3 nitrogen and oxygen atoms in total. The van der Waals surface area contributed by atoms with Crippen LogP contribution in [0.2, 0.25) is 0 Å². The Morgan fingerprint density at radius 3 is 2.42 bits per heavy atom. The quantitative estimate of drug-likeness (QED) is 0.641. The number of hydrogen-bond acceptors (Lipinski definition) is 3. The third-order valence-electron chi connectivity index (χ3n) is 1.28. The second-order valence-electron chi connectivity index (χ2n) is 2.29. The third-order valence-corrected chi connectivity index (χ3v) is 1.28. The second-order valence-corrected chi connectivity index (χ2v) is 2.29. The number of hydrogen-bond donors (Lipinski definition) is 1. The predicted molar refractivity (Wildman–Crippen MR) is 50.8 cm³/mol. The van der Waals surface area contributed by atoms with Crippen molar-refractivity contribution in [1.29, 1.82) is 0 Å². The first-order valence-corrected chi connectivity index (χ1v) is 3.14. The van der Waals surface area contributed by atoms with E-state index in [2.05, 4.69) is 15.9 Å². The molecule has 1 aromatic rings. The molecule has 0 aliphatic heterocycles. The highest BCUT2D eigenvalue weighted by molar-refractivity contribution is 7.59. The lowest BCUT2D eigenvalue weighted by molar-refractivity contribution is 0.112. The highest BCUT2D eigenvalue weighted by Gasteiger charge is 2.22. The zero-order valence-corrected chi connectivity index (χ0v) is 7.65. The van der Waals surface area contributed by atoms with E-state index in [9.17, 15) is 5.11 Å². The van der Waals surface area contributed by atoms with Crippen LogP contribution in [0.5, 0.6) is 0 Å². The number of terminal acetylenes is 1. The molecule has 0 unspecified atom stereocenters. The Labute approximate surface area is 78.3 Å². The van der Waals surface area contributed by atoms with Crippen molar-refractivity contribution in [2.75, 3.05) is 0 Å². The molecule has 0 aromatic carbocycles. The molecule has 4 heteroatoms. The van der Waals surface area contributed by atoms with Gasteiger partial charge < -0.3 is 5.11 Å². The first-order chi connectivity index (χ1) is 5.17. The van der Waals surface area contributed by atoms with E-state index in [-0.39, 0.29) is 19.3 Å². The molecule has 0 amide bonds. The SMILES string of the molecule is C#C[C@](C)(O)c1ncccn1.S. The molecule has 64 valence electrons. The fourth-order valence-electron chi connectivity index (χ4n) is 0.615. The Balaban J connectivity index is 0.00000121. The second kappa shape index (κ2) is 4.10. The van der Waals surface area contributed by atoms with Crippen molar-refractivity contribution in [3.8, 4) is 12.3 Å². The molecule has 0 aliphatic carbocycles. The van der Waals surface area contributed by atoms with Crippen LogP contribution in [-0.2, 0) is 5.60 Å².